The molecule has 2 unspecified atom stereocenters. The number of rotatable bonds is 8. The Bertz CT molecular complexity index is 344. The zero-order valence-corrected chi connectivity index (χ0v) is 14.2. The molecule has 5 nitrogen and oxygen atoms in total. The Hall–Kier alpha value is -0.650. The van der Waals surface area contributed by atoms with E-state index in [1.807, 2.05) is 27.7 Å². The van der Waals surface area contributed by atoms with Crippen molar-refractivity contribution in [3.05, 3.63) is 0 Å². The number of carbonyl (C=O) groups excluding carboxylic acids is 1. The summed E-state index contributed by atoms with van der Waals surface area (Å²) in [4.78, 5) is 11.9. The molecule has 1 fully saturated rings. The number of methoxy groups -OCH3 is 1. The highest BCUT2D eigenvalue weighted by Crippen LogP contribution is 2.31. The predicted molar refractivity (Wildman–Crippen MR) is 84.1 cm³/mol. The molecule has 1 amide bonds. The van der Waals surface area contributed by atoms with Gasteiger partial charge in [-0.1, -0.05) is 0 Å². The number of nitrogens with two attached hydrogens (primary N) is 1. The fourth-order valence-electron chi connectivity index (χ4n) is 2.92. The van der Waals surface area contributed by atoms with Gasteiger partial charge >= 0.3 is 0 Å². The molecule has 1 rings (SSSR count). The second-order valence-electron chi connectivity index (χ2n) is 7.05. The molecular weight excluding hydrogens is 268 g/mol. The number of carbonyl (C=O) groups is 1. The van der Waals surface area contributed by atoms with Crippen molar-refractivity contribution in [1.29, 1.82) is 0 Å². The number of hydrogen-bond acceptors (Lipinski definition) is 4. The third kappa shape index (κ3) is 5.57. The molecule has 2 atom stereocenters. The van der Waals surface area contributed by atoms with Crippen molar-refractivity contribution < 1.29 is 14.3 Å². The van der Waals surface area contributed by atoms with Crippen molar-refractivity contribution in [2.24, 2.45) is 5.73 Å². The van der Waals surface area contributed by atoms with Crippen molar-refractivity contribution in [3.8, 4) is 0 Å². The van der Waals surface area contributed by atoms with E-state index in [1.54, 1.807) is 7.11 Å². The summed E-state index contributed by atoms with van der Waals surface area (Å²) in [6.45, 7) is 8.81. The first kappa shape index (κ1) is 18.4. The topological polar surface area (TPSA) is 73.6 Å². The van der Waals surface area contributed by atoms with Crippen LogP contribution in [-0.2, 0) is 14.3 Å². The smallest absolute Gasteiger partial charge is 0.237 e. The normalized spacial score (nSPS) is 27.0. The Morgan fingerprint density at radius 3 is 2.67 bits per heavy atom. The summed E-state index contributed by atoms with van der Waals surface area (Å²) in [7, 11) is 1.71. The van der Waals surface area contributed by atoms with Crippen molar-refractivity contribution in [1.82, 2.24) is 5.32 Å². The Labute approximate surface area is 128 Å². The summed E-state index contributed by atoms with van der Waals surface area (Å²) >= 11 is 0. The molecule has 0 aromatic rings. The van der Waals surface area contributed by atoms with Gasteiger partial charge in [-0.05, 0) is 53.4 Å². The second kappa shape index (κ2) is 7.56. The van der Waals surface area contributed by atoms with Gasteiger partial charge in [0.25, 0.3) is 0 Å². The molecule has 124 valence electrons. The molecule has 5 heteroatoms. The molecule has 0 heterocycles. The van der Waals surface area contributed by atoms with Crippen LogP contribution in [0.25, 0.3) is 0 Å². The van der Waals surface area contributed by atoms with E-state index in [2.05, 4.69) is 5.32 Å². The van der Waals surface area contributed by atoms with E-state index < -0.39 is 5.54 Å². The molecule has 1 saturated carbocycles. The van der Waals surface area contributed by atoms with E-state index in [0.29, 0.717) is 13.0 Å². The van der Waals surface area contributed by atoms with Gasteiger partial charge in [0, 0.05) is 26.2 Å². The predicted octanol–water partition coefficient (Wildman–Crippen LogP) is 1.98. The van der Waals surface area contributed by atoms with Crippen LogP contribution in [0.4, 0.5) is 0 Å². The van der Waals surface area contributed by atoms with Gasteiger partial charge in [-0.15, -0.1) is 0 Å². The SMILES string of the molecule is COC(C)(C)CCOC1CCCC(NC(C)C)(C(N)=O)C1. The Morgan fingerprint density at radius 1 is 1.48 bits per heavy atom. The summed E-state index contributed by atoms with van der Waals surface area (Å²) in [5.74, 6) is -0.262. The maximum absolute atomic E-state index is 11.9. The lowest BCUT2D eigenvalue weighted by atomic mass is 9.79. The molecule has 0 aliphatic heterocycles. The fourth-order valence-corrected chi connectivity index (χ4v) is 2.92. The first-order chi connectivity index (χ1) is 9.71. The minimum atomic E-state index is -0.617. The molecule has 0 spiro atoms. The summed E-state index contributed by atoms with van der Waals surface area (Å²) in [6, 6.07) is 0.226. The van der Waals surface area contributed by atoms with Gasteiger partial charge in [0.15, 0.2) is 0 Å². The van der Waals surface area contributed by atoms with Crippen LogP contribution < -0.4 is 11.1 Å². The molecule has 0 saturated heterocycles. The molecule has 0 bridgehead atoms. The van der Waals surface area contributed by atoms with Crippen molar-refractivity contribution in [2.75, 3.05) is 13.7 Å². The highest BCUT2D eigenvalue weighted by atomic mass is 16.5. The van der Waals surface area contributed by atoms with Crippen LogP contribution in [0.2, 0.25) is 0 Å². The molecular formula is C16H32N2O3. The summed E-state index contributed by atoms with van der Waals surface area (Å²) < 4.78 is 11.4. The second-order valence-corrected chi connectivity index (χ2v) is 7.05. The van der Waals surface area contributed by atoms with Gasteiger partial charge in [-0.25, -0.2) is 0 Å². The van der Waals surface area contributed by atoms with E-state index in [-0.39, 0.29) is 23.7 Å². The fraction of sp³-hybridized carbons (Fsp3) is 0.938. The number of ether oxygens (including phenoxy) is 2. The summed E-state index contributed by atoms with van der Waals surface area (Å²) in [6.07, 6.45) is 4.33. The standard InChI is InChI=1S/C16H32N2O3/c1-12(2)18-16(14(17)19)8-6-7-13(11-16)21-10-9-15(3,4)20-5/h12-13,18H,6-11H2,1-5H3,(H2,17,19). The third-order valence-corrected chi connectivity index (χ3v) is 4.35. The number of amides is 1. The quantitative estimate of drug-likeness (QED) is 0.719. The van der Waals surface area contributed by atoms with Crippen LogP contribution in [0, 0.1) is 0 Å². The monoisotopic (exact) mass is 300 g/mol. The lowest BCUT2D eigenvalue weighted by Gasteiger charge is -2.40. The Morgan fingerprint density at radius 2 is 2.14 bits per heavy atom. The van der Waals surface area contributed by atoms with Gasteiger partial charge in [0.1, 0.15) is 5.54 Å². The maximum Gasteiger partial charge on any atom is 0.237 e. The van der Waals surface area contributed by atoms with E-state index in [9.17, 15) is 4.79 Å². The van der Waals surface area contributed by atoms with Gasteiger partial charge in [0.2, 0.25) is 5.91 Å². The zero-order chi connectivity index (χ0) is 16.1. The van der Waals surface area contributed by atoms with Gasteiger partial charge < -0.3 is 20.5 Å². The average molecular weight is 300 g/mol. The Kier molecular flexibility index (Phi) is 6.63. The first-order valence-corrected chi connectivity index (χ1v) is 7.95. The van der Waals surface area contributed by atoms with Crippen molar-refractivity contribution >= 4 is 5.91 Å². The highest BCUT2D eigenvalue weighted by Gasteiger charge is 2.42. The minimum Gasteiger partial charge on any atom is -0.379 e. The summed E-state index contributed by atoms with van der Waals surface area (Å²) in [5, 5.41) is 3.36. The van der Waals surface area contributed by atoms with Gasteiger partial charge in [-0.2, -0.15) is 0 Å². The molecule has 0 aromatic carbocycles. The summed E-state index contributed by atoms with van der Waals surface area (Å²) in [5.41, 5.74) is 4.86. The molecule has 1 aliphatic carbocycles. The molecule has 1 aliphatic rings. The van der Waals surface area contributed by atoms with Gasteiger partial charge in [0.05, 0.1) is 11.7 Å². The molecule has 0 aromatic heterocycles. The minimum absolute atomic E-state index is 0.0881. The van der Waals surface area contributed by atoms with E-state index in [4.69, 9.17) is 15.2 Å². The highest BCUT2D eigenvalue weighted by molar-refractivity contribution is 5.84. The van der Waals surface area contributed by atoms with Gasteiger partial charge in [-0.3, -0.25) is 4.79 Å². The zero-order valence-electron chi connectivity index (χ0n) is 14.2. The van der Waals surface area contributed by atoms with E-state index in [1.165, 1.54) is 0 Å². The average Bonchev–Trinajstić information content (AvgIpc) is 2.38. The lowest BCUT2D eigenvalue weighted by molar-refractivity contribution is -0.129. The van der Waals surface area contributed by atoms with Crippen LogP contribution in [0.15, 0.2) is 0 Å². The number of nitrogens with one attached hydrogen (secondary N) is 1. The van der Waals surface area contributed by atoms with Crippen molar-refractivity contribution in [3.63, 3.8) is 0 Å². The van der Waals surface area contributed by atoms with E-state index in [0.717, 1.165) is 25.7 Å². The van der Waals surface area contributed by atoms with Crippen LogP contribution in [0.1, 0.15) is 59.8 Å². The maximum atomic E-state index is 11.9. The molecule has 3 N–H and O–H groups in total. The Balaban J connectivity index is 2.56. The first-order valence-electron chi connectivity index (χ1n) is 7.95. The molecule has 21 heavy (non-hydrogen) atoms. The largest absolute Gasteiger partial charge is 0.379 e. The van der Waals surface area contributed by atoms with Crippen LogP contribution in [0.3, 0.4) is 0 Å². The molecule has 0 radical (unpaired) electrons. The lowest BCUT2D eigenvalue weighted by Crippen LogP contribution is -2.60. The third-order valence-electron chi connectivity index (χ3n) is 4.35. The van der Waals surface area contributed by atoms with Crippen molar-refractivity contribution in [2.45, 2.75) is 83.1 Å². The van der Waals surface area contributed by atoms with Crippen LogP contribution >= 0.6 is 0 Å². The number of primary amides is 1. The van der Waals surface area contributed by atoms with Crippen LogP contribution in [0.5, 0.6) is 0 Å². The van der Waals surface area contributed by atoms with E-state index >= 15 is 0 Å². The van der Waals surface area contributed by atoms with Crippen LogP contribution in [-0.4, -0.2) is 42.9 Å². The number of hydrogen-bond donors (Lipinski definition) is 2.